The monoisotopic (exact) mass is 324 g/mol. The van der Waals surface area contributed by atoms with Crippen molar-refractivity contribution in [1.29, 1.82) is 0 Å². The van der Waals surface area contributed by atoms with Gasteiger partial charge in [-0.2, -0.15) is 0 Å². The van der Waals surface area contributed by atoms with Gasteiger partial charge in [0.2, 0.25) is 5.79 Å². The van der Waals surface area contributed by atoms with E-state index in [1.165, 1.54) is 6.92 Å². The van der Waals surface area contributed by atoms with Crippen molar-refractivity contribution in [3.63, 3.8) is 0 Å². The highest BCUT2D eigenvalue weighted by molar-refractivity contribution is 6.03. The van der Waals surface area contributed by atoms with Gasteiger partial charge in [0.25, 0.3) is 0 Å². The Hall–Kier alpha value is -2.59. The topological polar surface area (TPSA) is 55.8 Å². The Morgan fingerprint density at radius 2 is 1.83 bits per heavy atom. The molecule has 1 N–H and O–H groups in total. The van der Waals surface area contributed by atoms with Crippen molar-refractivity contribution in [2.24, 2.45) is 0 Å². The lowest BCUT2D eigenvalue weighted by atomic mass is 9.92. The van der Waals surface area contributed by atoms with Gasteiger partial charge >= 0.3 is 5.97 Å². The third-order valence-corrected chi connectivity index (χ3v) is 4.15. The molecule has 24 heavy (non-hydrogen) atoms. The van der Waals surface area contributed by atoms with Gasteiger partial charge in [0.1, 0.15) is 12.4 Å². The average molecular weight is 324 g/mol. The van der Waals surface area contributed by atoms with Gasteiger partial charge < -0.3 is 14.6 Å². The summed E-state index contributed by atoms with van der Waals surface area (Å²) in [5, 5.41) is 10.4. The number of rotatable bonds is 4. The molecule has 0 saturated carbocycles. The molecule has 2 aromatic carbocycles. The Kier molecular flexibility index (Phi) is 4.16. The van der Waals surface area contributed by atoms with Crippen LogP contribution in [0, 0.1) is 6.92 Å². The maximum atomic E-state index is 11.7. The standard InChI is InChI=1S/C20H20O4/c1-13-11-16(23-12-15-7-5-4-6-8-15)9-10-17(13)18-14(2)19(21)24-20(18,3)22/h4-11,22H,12H2,1-3H3/t20-/m0/s1. The highest BCUT2D eigenvalue weighted by Gasteiger charge is 2.41. The van der Waals surface area contributed by atoms with Gasteiger partial charge in [-0.3, -0.25) is 0 Å². The van der Waals surface area contributed by atoms with Crippen LogP contribution >= 0.6 is 0 Å². The third-order valence-electron chi connectivity index (χ3n) is 4.15. The summed E-state index contributed by atoms with van der Waals surface area (Å²) in [6.45, 7) is 5.55. The second-order valence-corrected chi connectivity index (χ2v) is 6.12. The lowest BCUT2D eigenvalue weighted by Gasteiger charge is -2.21. The molecule has 4 heteroatoms. The van der Waals surface area contributed by atoms with Crippen molar-refractivity contribution < 1.29 is 19.4 Å². The predicted molar refractivity (Wildman–Crippen MR) is 91.3 cm³/mol. The number of cyclic esters (lactones) is 1. The van der Waals surface area contributed by atoms with E-state index < -0.39 is 11.8 Å². The maximum absolute atomic E-state index is 11.7. The summed E-state index contributed by atoms with van der Waals surface area (Å²) >= 11 is 0. The zero-order valence-corrected chi connectivity index (χ0v) is 14.0. The van der Waals surface area contributed by atoms with Crippen LogP contribution in [0.5, 0.6) is 5.75 Å². The quantitative estimate of drug-likeness (QED) is 0.873. The smallest absolute Gasteiger partial charge is 0.337 e. The number of aryl methyl sites for hydroxylation is 1. The van der Waals surface area contributed by atoms with Gasteiger partial charge in [-0.15, -0.1) is 0 Å². The Morgan fingerprint density at radius 1 is 1.12 bits per heavy atom. The summed E-state index contributed by atoms with van der Waals surface area (Å²) in [6, 6.07) is 15.5. The normalized spacial score (nSPS) is 20.2. The number of carbonyl (C=O) groups excluding carboxylic acids is 1. The molecular formula is C20H20O4. The van der Waals surface area contributed by atoms with Crippen molar-refractivity contribution >= 4 is 11.5 Å². The number of benzene rings is 2. The second kappa shape index (κ2) is 6.13. The first-order chi connectivity index (χ1) is 11.4. The number of ether oxygens (including phenoxy) is 2. The van der Waals surface area contributed by atoms with E-state index in [0.29, 0.717) is 17.8 Å². The molecule has 0 amide bonds. The van der Waals surface area contributed by atoms with Crippen LogP contribution in [0.1, 0.15) is 30.5 Å². The molecule has 0 fully saturated rings. The Morgan fingerprint density at radius 3 is 2.42 bits per heavy atom. The van der Waals surface area contributed by atoms with Crippen LogP contribution in [0.15, 0.2) is 54.1 Å². The molecule has 1 aliphatic rings. The van der Waals surface area contributed by atoms with Crippen molar-refractivity contribution in [2.75, 3.05) is 0 Å². The molecule has 0 aromatic heterocycles. The molecule has 1 aliphatic heterocycles. The van der Waals surface area contributed by atoms with Crippen molar-refractivity contribution in [1.82, 2.24) is 0 Å². The van der Waals surface area contributed by atoms with Crippen molar-refractivity contribution in [2.45, 2.75) is 33.2 Å². The van der Waals surface area contributed by atoms with Gasteiger partial charge in [-0.25, -0.2) is 4.79 Å². The highest BCUT2D eigenvalue weighted by Crippen LogP contribution is 2.39. The molecule has 1 atom stereocenters. The van der Waals surface area contributed by atoms with Gasteiger partial charge in [0.05, 0.1) is 0 Å². The minimum atomic E-state index is -1.60. The predicted octanol–water partition coefficient (Wildman–Crippen LogP) is 3.61. The summed E-state index contributed by atoms with van der Waals surface area (Å²) in [5.41, 5.74) is 3.74. The number of aliphatic hydroxyl groups is 1. The van der Waals surface area contributed by atoms with Crippen LogP contribution in [0.25, 0.3) is 5.57 Å². The van der Waals surface area contributed by atoms with E-state index in [0.717, 1.165) is 22.4 Å². The van der Waals surface area contributed by atoms with E-state index in [1.54, 1.807) is 6.92 Å². The molecule has 0 spiro atoms. The third kappa shape index (κ3) is 3.05. The van der Waals surface area contributed by atoms with Crippen LogP contribution in [-0.4, -0.2) is 16.9 Å². The average Bonchev–Trinajstić information content (AvgIpc) is 2.75. The molecule has 2 aromatic rings. The largest absolute Gasteiger partial charge is 0.489 e. The van der Waals surface area contributed by atoms with Gasteiger partial charge in [0.15, 0.2) is 0 Å². The summed E-state index contributed by atoms with van der Waals surface area (Å²) in [6.07, 6.45) is 0. The first kappa shape index (κ1) is 16.3. The lowest BCUT2D eigenvalue weighted by Crippen LogP contribution is -2.26. The van der Waals surface area contributed by atoms with Crippen molar-refractivity contribution in [3.05, 3.63) is 70.8 Å². The lowest BCUT2D eigenvalue weighted by molar-refractivity contribution is -0.170. The molecular weight excluding hydrogens is 304 g/mol. The summed E-state index contributed by atoms with van der Waals surface area (Å²) < 4.78 is 10.8. The zero-order valence-electron chi connectivity index (χ0n) is 14.0. The highest BCUT2D eigenvalue weighted by atomic mass is 16.7. The summed E-state index contributed by atoms with van der Waals surface area (Å²) in [7, 11) is 0. The van der Waals surface area contributed by atoms with E-state index in [2.05, 4.69) is 0 Å². The molecule has 0 saturated heterocycles. The number of carbonyl (C=O) groups is 1. The van der Waals surface area contributed by atoms with Gasteiger partial charge in [-0.1, -0.05) is 36.4 Å². The SMILES string of the molecule is CC1=C(c2ccc(OCc3ccccc3)cc2C)[C@@](C)(O)OC1=O. The Labute approximate surface area is 141 Å². The van der Waals surface area contributed by atoms with Crippen LogP contribution in [0.2, 0.25) is 0 Å². The molecule has 4 nitrogen and oxygen atoms in total. The van der Waals surface area contributed by atoms with Crippen molar-refractivity contribution in [3.8, 4) is 5.75 Å². The zero-order chi connectivity index (χ0) is 17.3. The van der Waals surface area contributed by atoms with Crippen LogP contribution in [0.3, 0.4) is 0 Å². The maximum Gasteiger partial charge on any atom is 0.337 e. The van der Waals surface area contributed by atoms with Crippen LogP contribution in [-0.2, 0) is 16.1 Å². The second-order valence-electron chi connectivity index (χ2n) is 6.12. The molecule has 1 heterocycles. The fraction of sp³-hybridized carbons (Fsp3) is 0.250. The van der Waals surface area contributed by atoms with Crippen LogP contribution in [0.4, 0.5) is 0 Å². The first-order valence-corrected chi connectivity index (χ1v) is 7.83. The number of hydrogen-bond donors (Lipinski definition) is 1. The molecule has 0 unspecified atom stereocenters. The minimum Gasteiger partial charge on any atom is -0.489 e. The molecule has 0 aliphatic carbocycles. The van der Waals surface area contributed by atoms with Gasteiger partial charge in [-0.05, 0) is 42.7 Å². The van der Waals surface area contributed by atoms with Gasteiger partial charge in [0, 0.05) is 18.1 Å². The fourth-order valence-electron chi connectivity index (χ4n) is 2.96. The Bertz CT molecular complexity index is 804. The summed E-state index contributed by atoms with van der Waals surface area (Å²) in [4.78, 5) is 11.7. The van der Waals surface area contributed by atoms with E-state index in [4.69, 9.17) is 9.47 Å². The van der Waals surface area contributed by atoms with Crippen LogP contribution < -0.4 is 4.74 Å². The summed E-state index contributed by atoms with van der Waals surface area (Å²) in [5.74, 6) is -1.35. The van der Waals surface area contributed by atoms with E-state index in [9.17, 15) is 9.90 Å². The van der Waals surface area contributed by atoms with E-state index in [-0.39, 0.29) is 0 Å². The Balaban J connectivity index is 1.84. The minimum absolute atomic E-state index is 0.432. The molecule has 0 bridgehead atoms. The molecule has 3 rings (SSSR count). The van der Waals surface area contributed by atoms with E-state index in [1.807, 2.05) is 55.5 Å². The number of esters is 1. The molecule has 124 valence electrons. The first-order valence-electron chi connectivity index (χ1n) is 7.83. The van der Waals surface area contributed by atoms with E-state index >= 15 is 0 Å². The fourth-order valence-corrected chi connectivity index (χ4v) is 2.96. The molecule has 0 radical (unpaired) electrons. The number of hydrogen-bond acceptors (Lipinski definition) is 4.